The number of halogens is 1. The third kappa shape index (κ3) is 3.23. The van der Waals surface area contributed by atoms with Crippen LogP contribution in [0.4, 0.5) is 5.82 Å². The Balaban J connectivity index is 1.59. The van der Waals surface area contributed by atoms with E-state index in [1.165, 1.54) is 11.4 Å². The van der Waals surface area contributed by atoms with Gasteiger partial charge in [-0.1, -0.05) is 24.6 Å². The molecule has 3 heterocycles. The van der Waals surface area contributed by atoms with E-state index in [1.807, 2.05) is 22.9 Å². The summed E-state index contributed by atoms with van der Waals surface area (Å²) in [5, 5.41) is 5.53. The zero-order chi connectivity index (χ0) is 18.1. The lowest BCUT2D eigenvalue weighted by molar-refractivity contribution is 0.490. The van der Waals surface area contributed by atoms with Crippen molar-refractivity contribution in [2.24, 2.45) is 0 Å². The highest BCUT2D eigenvalue weighted by molar-refractivity contribution is 6.30. The van der Waals surface area contributed by atoms with E-state index < -0.39 is 0 Å². The number of nitrogens with one attached hydrogen (secondary N) is 1. The van der Waals surface area contributed by atoms with E-state index in [0.717, 1.165) is 54.6 Å². The highest BCUT2D eigenvalue weighted by atomic mass is 35.5. The van der Waals surface area contributed by atoms with Gasteiger partial charge >= 0.3 is 0 Å². The van der Waals surface area contributed by atoms with Crippen LogP contribution in [0.3, 0.4) is 0 Å². The van der Waals surface area contributed by atoms with Crippen LogP contribution >= 0.6 is 11.6 Å². The van der Waals surface area contributed by atoms with Gasteiger partial charge in [-0.25, -0.2) is 9.67 Å². The molecule has 2 aromatic heterocycles. The van der Waals surface area contributed by atoms with Gasteiger partial charge in [-0.3, -0.25) is 0 Å². The number of imidazole rings is 1. The molecule has 1 aliphatic rings. The molecule has 1 saturated heterocycles. The number of piperidine rings is 1. The number of hydrogen-bond donors (Lipinski definition) is 1. The fourth-order valence-electron chi connectivity index (χ4n) is 3.78. The molecule has 3 aromatic rings. The molecule has 0 radical (unpaired) electrons. The van der Waals surface area contributed by atoms with Crippen LogP contribution in [0, 0.1) is 6.92 Å². The molecule has 1 aliphatic heterocycles. The fraction of sp³-hybridized carbons (Fsp3) is 0.400. The van der Waals surface area contributed by atoms with E-state index in [1.54, 1.807) is 6.33 Å². The standard InChI is InChI=1S/C20H24ClN5/c1-3-17-12-19(26(24-17)18-6-4-5-16(21)11-18)25-9-7-15(8-10-25)20-14(2)22-13-23-20/h4-6,11-13,15H,3,7-10H2,1-2H3,(H,22,23). The first-order valence-electron chi connectivity index (χ1n) is 9.25. The summed E-state index contributed by atoms with van der Waals surface area (Å²) >= 11 is 6.20. The van der Waals surface area contributed by atoms with E-state index >= 15 is 0 Å². The van der Waals surface area contributed by atoms with Crippen molar-refractivity contribution in [3.63, 3.8) is 0 Å². The van der Waals surface area contributed by atoms with E-state index in [-0.39, 0.29) is 0 Å². The molecule has 1 fully saturated rings. The molecule has 0 saturated carbocycles. The second-order valence-electron chi connectivity index (χ2n) is 6.91. The van der Waals surface area contributed by atoms with Gasteiger partial charge in [0.25, 0.3) is 0 Å². The summed E-state index contributed by atoms with van der Waals surface area (Å²) in [6.45, 7) is 6.26. The highest BCUT2D eigenvalue weighted by Crippen LogP contribution is 2.32. The molecule has 0 bridgehead atoms. The Morgan fingerprint density at radius 1 is 1.23 bits per heavy atom. The van der Waals surface area contributed by atoms with Crippen molar-refractivity contribution in [3.05, 3.63) is 58.8 Å². The molecule has 1 N–H and O–H groups in total. The molecule has 0 spiro atoms. The van der Waals surface area contributed by atoms with Crippen LogP contribution in [-0.2, 0) is 6.42 Å². The summed E-state index contributed by atoms with van der Waals surface area (Å²) in [6, 6.07) is 10.1. The topological polar surface area (TPSA) is 49.7 Å². The van der Waals surface area contributed by atoms with Gasteiger partial charge in [-0.15, -0.1) is 0 Å². The summed E-state index contributed by atoms with van der Waals surface area (Å²) in [6.07, 6.45) is 4.93. The first-order chi connectivity index (χ1) is 12.7. The number of aryl methyl sites for hydroxylation is 2. The molecular weight excluding hydrogens is 346 g/mol. The molecule has 6 heteroatoms. The van der Waals surface area contributed by atoms with E-state index in [2.05, 4.69) is 40.8 Å². The van der Waals surface area contributed by atoms with Gasteiger partial charge in [0.15, 0.2) is 0 Å². The first-order valence-corrected chi connectivity index (χ1v) is 9.63. The van der Waals surface area contributed by atoms with Crippen LogP contribution in [0.2, 0.25) is 5.02 Å². The molecule has 0 unspecified atom stereocenters. The minimum atomic E-state index is 0.533. The van der Waals surface area contributed by atoms with Crippen molar-refractivity contribution in [2.45, 2.75) is 39.0 Å². The van der Waals surface area contributed by atoms with Crippen LogP contribution in [0.15, 0.2) is 36.7 Å². The Labute approximate surface area is 159 Å². The molecule has 1 aromatic carbocycles. The van der Waals surface area contributed by atoms with Gasteiger partial charge in [-0.05, 0) is 44.4 Å². The maximum absolute atomic E-state index is 6.20. The SMILES string of the molecule is CCc1cc(N2CCC(c3nc[nH]c3C)CC2)n(-c2cccc(Cl)c2)n1. The highest BCUT2D eigenvalue weighted by Gasteiger charge is 2.26. The van der Waals surface area contributed by atoms with Gasteiger partial charge in [0, 0.05) is 35.8 Å². The van der Waals surface area contributed by atoms with E-state index in [0.29, 0.717) is 5.92 Å². The van der Waals surface area contributed by atoms with Crippen molar-refractivity contribution in [1.29, 1.82) is 0 Å². The largest absolute Gasteiger partial charge is 0.356 e. The molecular formula is C20H24ClN5. The van der Waals surface area contributed by atoms with Crippen molar-refractivity contribution < 1.29 is 0 Å². The van der Waals surface area contributed by atoms with Crippen molar-refractivity contribution in [1.82, 2.24) is 19.7 Å². The Morgan fingerprint density at radius 3 is 2.69 bits per heavy atom. The van der Waals surface area contributed by atoms with E-state index in [9.17, 15) is 0 Å². The second-order valence-corrected chi connectivity index (χ2v) is 7.35. The lowest BCUT2D eigenvalue weighted by Gasteiger charge is -2.33. The zero-order valence-corrected chi connectivity index (χ0v) is 16.0. The van der Waals surface area contributed by atoms with Gasteiger partial charge in [0.2, 0.25) is 0 Å². The summed E-state index contributed by atoms with van der Waals surface area (Å²) in [4.78, 5) is 10.2. The quantitative estimate of drug-likeness (QED) is 0.736. The number of nitrogens with zero attached hydrogens (tertiary/aromatic N) is 4. The number of hydrogen-bond acceptors (Lipinski definition) is 3. The lowest BCUT2D eigenvalue weighted by Crippen LogP contribution is -2.34. The molecule has 0 amide bonds. The summed E-state index contributed by atoms with van der Waals surface area (Å²) < 4.78 is 2.03. The Bertz CT molecular complexity index is 889. The van der Waals surface area contributed by atoms with Crippen molar-refractivity contribution >= 4 is 17.4 Å². The Morgan fingerprint density at radius 2 is 2.04 bits per heavy atom. The van der Waals surface area contributed by atoms with Crippen LogP contribution in [0.25, 0.3) is 5.69 Å². The normalized spacial score (nSPS) is 15.6. The van der Waals surface area contributed by atoms with Crippen LogP contribution in [0.1, 0.15) is 42.8 Å². The molecule has 136 valence electrons. The van der Waals surface area contributed by atoms with Gasteiger partial charge in [0.1, 0.15) is 5.82 Å². The Hall–Kier alpha value is -2.27. The summed E-state index contributed by atoms with van der Waals surface area (Å²) in [5.41, 5.74) is 4.53. The number of aromatic amines is 1. The second kappa shape index (κ2) is 7.16. The summed E-state index contributed by atoms with van der Waals surface area (Å²) in [5.74, 6) is 1.69. The van der Waals surface area contributed by atoms with Gasteiger partial charge in [-0.2, -0.15) is 5.10 Å². The molecule has 0 atom stereocenters. The number of rotatable bonds is 4. The van der Waals surface area contributed by atoms with Gasteiger partial charge in [0.05, 0.1) is 23.4 Å². The maximum atomic E-state index is 6.20. The molecule has 26 heavy (non-hydrogen) atoms. The molecule has 5 nitrogen and oxygen atoms in total. The average Bonchev–Trinajstić information content (AvgIpc) is 3.28. The third-order valence-electron chi connectivity index (χ3n) is 5.23. The number of benzene rings is 1. The van der Waals surface area contributed by atoms with Crippen LogP contribution < -0.4 is 4.90 Å². The number of aromatic nitrogens is 4. The number of anilines is 1. The predicted molar refractivity (Wildman–Crippen MR) is 105 cm³/mol. The van der Waals surface area contributed by atoms with Crippen LogP contribution in [-0.4, -0.2) is 32.8 Å². The third-order valence-corrected chi connectivity index (χ3v) is 5.47. The van der Waals surface area contributed by atoms with E-state index in [4.69, 9.17) is 16.7 Å². The monoisotopic (exact) mass is 369 g/mol. The van der Waals surface area contributed by atoms with Gasteiger partial charge < -0.3 is 9.88 Å². The minimum absolute atomic E-state index is 0.533. The smallest absolute Gasteiger partial charge is 0.132 e. The molecule has 4 rings (SSSR count). The average molecular weight is 370 g/mol. The maximum Gasteiger partial charge on any atom is 0.132 e. The van der Waals surface area contributed by atoms with Crippen molar-refractivity contribution in [3.8, 4) is 5.69 Å². The van der Waals surface area contributed by atoms with Crippen LogP contribution in [0.5, 0.6) is 0 Å². The zero-order valence-electron chi connectivity index (χ0n) is 15.2. The molecule has 0 aliphatic carbocycles. The predicted octanol–water partition coefficient (Wildman–Crippen LogP) is 4.50. The summed E-state index contributed by atoms with van der Waals surface area (Å²) in [7, 11) is 0. The minimum Gasteiger partial charge on any atom is -0.356 e. The number of H-pyrrole nitrogens is 1. The first kappa shape index (κ1) is 17.2. The Kier molecular flexibility index (Phi) is 4.72. The lowest BCUT2D eigenvalue weighted by atomic mass is 9.92. The van der Waals surface area contributed by atoms with Crippen molar-refractivity contribution in [2.75, 3.05) is 18.0 Å². The fourth-order valence-corrected chi connectivity index (χ4v) is 3.96.